The third-order valence-corrected chi connectivity index (χ3v) is 7.78. The molecule has 2 aromatic carbocycles. The van der Waals surface area contributed by atoms with Gasteiger partial charge in [-0.15, -0.1) is 0 Å². The van der Waals surface area contributed by atoms with Crippen molar-refractivity contribution < 1.29 is 22.7 Å². The molecule has 1 aliphatic heterocycles. The fraction of sp³-hybridized carbons (Fsp3) is 0.375. The monoisotopic (exact) mass is 499 g/mol. The van der Waals surface area contributed by atoms with Crippen molar-refractivity contribution >= 4 is 32.9 Å². The van der Waals surface area contributed by atoms with Crippen LogP contribution in [-0.4, -0.2) is 60.4 Å². The molecule has 0 spiro atoms. The molecule has 186 valence electrons. The highest BCUT2D eigenvalue weighted by Gasteiger charge is 2.26. The van der Waals surface area contributed by atoms with E-state index in [1.807, 2.05) is 35.8 Å². The smallest absolute Gasteiger partial charge is 0.258 e. The number of hydrogen-bond donors (Lipinski definition) is 2. The van der Waals surface area contributed by atoms with Crippen LogP contribution in [0.1, 0.15) is 24.7 Å². The molecule has 0 aliphatic carbocycles. The van der Waals surface area contributed by atoms with Gasteiger partial charge in [0.05, 0.1) is 29.1 Å². The van der Waals surface area contributed by atoms with Crippen LogP contribution in [-0.2, 0) is 43.7 Å². The molecule has 1 aliphatic rings. The quantitative estimate of drug-likeness (QED) is 0.452. The van der Waals surface area contributed by atoms with Crippen LogP contribution in [0.5, 0.6) is 0 Å². The SMILES string of the molecule is CCc1nc2ccccc2n1CC(=O)NNC(=O)CCc1ccc(S(=O)(=O)N2CCOCC2)cc1. The van der Waals surface area contributed by atoms with Gasteiger partial charge in [-0.1, -0.05) is 31.2 Å². The van der Waals surface area contributed by atoms with Crippen LogP contribution in [0.4, 0.5) is 0 Å². The highest BCUT2D eigenvalue weighted by molar-refractivity contribution is 7.89. The molecule has 2 amide bonds. The van der Waals surface area contributed by atoms with E-state index in [4.69, 9.17) is 4.74 Å². The third-order valence-electron chi connectivity index (χ3n) is 5.86. The highest BCUT2D eigenvalue weighted by atomic mass is 32.2. The Labute approximate surface area is 204 Å². The second-order valence-electron chi connectivity index (χ2n) is 8.21. The van der Waals surface area contributed by atoms with Crippen LogP contribution in [0.2, 0.25) is 0 Å². The number of benzene rings is 2. The minimum atomic E-state index is -3.55. The van der Waals surface area contributed by atoms with Crippen molar-refractivity contribution in [2.45, 2.75) is 37.6 Å². The molecule has 10 nitrogen and oxygen atoms in total. The minimum absolute atomic E-state index is 0.0447. The number of carbonyl (C=O) groups is 2. The van der Waals surface area contributed by atoms with E-state index < -0.39 is 10.0 Å². The number of hydrogen-bond acceptors (Lipinski definition) is 6. The largest absolute Gasteiger partial charge is 0.379 e. The predicted molar refractivity (Wildman–Crippen MR) is 130 cm³/mol. The summed E-state index contributed by atoms with van der Waals surface area (Å²) in [6, 6.07) is 14.1. The molecular weight excluding hydrogens is 470 g/mol. The number of rotatable bonds is 8. The highest BCUT2D eigenvalue weighted by Crippen LogP contribution is 2.18. The maximum absolute atomic E-state index is 12.7. The fourth-order valence-electron chi connectivity index (χ4n) is 3.98. The van der Waals surface area contributed by atoms with E-state index in [1.165, 1.54) is 4.31 Å². The summed E-state index contributed by atoms with van der Waals surface area (Å²) in [5.74, 6) is 0.107. The molecule has 0 saturated carbocycles. The molecule has 0 radical (unpaired) electrons. The lowest BCUT2D eigenvalue weighted by Gasteiger charge is -2.26. The number of nitrogens with zero attached hydrogens (tertiary/aromatic N) is 3. The predicted octanol–water partition coefficient (Wildman–Crippen LogP) is 1.40. The number of aromatic nitrogens is 2. The molecule has 1 saturated heterocycles. The van der Waals surface area contributed by atoms with Gasteiger partial charge < -0.3 is 9.30 Å². The van der Waals surface area contributed by atoms with Crippen LogP contribution < -0.4 is 10.9 Å². The lowest BCUT2D eigenvalue weighted by atomic mass is 10.1. The Morgan fingerprint density at radius 2 is 1.69 bits per heavy atom. The first-order valence-electron chi connectivity index (χ1n) is 11.6. The van der Waals surface area contributed by atoms with E-state index in [2.05, 4.69) is 15.8 Å². The Balaban J connectivity index is 1.26. The van der Waals surface area contributed by atoms with Gasteiger partial charge in [-0.25, -0.2) is 13.4 Å². The zero-order chi connectivity index (χ0) is 24.8. The molecule has 2 N–H and O–H groups in total. The van der Waals surface area contributed by atoms with E-state index in [9.17, 15) is 18.0 Å². The van der Waals surface area contributed by atoms with Crippen molar-refractivity contribution in [3.63, 3.8) is 0 Å². The Bertz CT molecular complexity index is 1300. The van der Waals surface area contributed by atoms with Gasteiger partial charge in [0.15, 0.2) is 0 Å². The van der Waals surface area contributed by atoms with Gasteiger partial charge in [-0.2, -0.15) is 4.31 Å². The normalized spacial score (nSPS) is 14.7. The number of nitrogens with one attached hydrogen (secondary N) is 2. The van der Waals surface area contributed by atoms with Crippen molar-refractivity contribution in [1.82, 2.24) is 24.7 Å². The lowest BCUT2D eigenvalue weighted by molar-refractivity contribution is -0.129. The van der Waals surface area contributed by atoms with Crippen molar-refractivity contribution in [3.05, 3.63) is 59.9 Å². The number of carbonyl (C=O) groups excluding carboxylic acids is 2. The number of amides is 2. The molecule has 1 aromatic heterocycles. The zero-order valence-corrected chi connectivity index (χ0v) is 20.4. The van der Waals surface area contributed by atoms with Gasteiger partial charge in [0, 0.05) is 25.9 Å². The number of sulfonamides is 1. The molecule has 1 fully saturated rings. The van der Waals surface area contributed by atoms with Gasteiger partial charge in [-0.05, 0) is 36.2 Å². The van der Waals surface area contributed by atoms with Gasteiger partial charge in [0.25, 0.3) is 5.91 Å². The summed E-state index contributed by atoms with van der Waals surface area (Å²) in [6.07, 6.45) is 1.23. The lowest BCUT2D eigenvalue weighted by Crippen LogP contribution is -2.43. The van der Waals surface area contributed by atoms with Crippen molar-refractivity contribution in [3.8, 4) is 0 Å². The first-order valence-corrected chi connectivity index (χ1v) is 13.0. The van der Waals surface area contributed by atoms with Gasteiger partial charge in [0.2, 0.25) is 15.9 Å². The number of para-hydroxylation sites is 2. The molecule has 0 bridgehead atoms. The van der Waals surface area contributed by atoms with Gasteiger partial charge in [-0.3, -0.25) is 20.4 Å². The molecule has 2 heterocycles. The summed E-state index contributed by atoms with van der Waals surface area (Å²) in [4.78, 5) is 29.4. The van der Waals surface area contributed by atoms with Crippen LogP contribution in [0.3, 0.4) is 0 Å². The van der Waals surface area contributed by atoms with E-state index in [0.29, 0.717) is 39.1 Å². The summed E-state index contributed by atoms with van der Waals surface area (Å²) in [5.41, 5.74) is 7.41. The van der Waals surface area contributed by atoms with Gasteiger partial charge in [0.1, 0.15) is 12.4 Å². The number of fused-ring (bicyclic) bond motifs is 1. The number of hydrazine groups is 1. The van der Waals surface area contributed by atoms with Crippen molar-refractivity contribution in [2.75, 3.05) is 26.3 Å². The van der Waals surface area contributed by atoms with Crippen LogP contribution >= 0.6 is 0 Å². The topological polar surface area (TPSA) is 123 Å². The van der Waals surface area contributed by atoms with Crippen LogP contribution in [0.15, 0.2) is 53.4 Å². The standard InChI is InChI=1S/C24H29N5O5S/c1-2-22-25-20-5-3-4-6-21(20)29(22)17-24(31)27-26-23(30)12-9-18-7-10-19(11-8-18)35(32,33)28-13-15-34-16-14-28/h3-8,10-11H,2,9,12-17H2,1H3,(H,26,30)(H,27,31). The second kappa shape index (κ2) is 11.0. The maximum Gasteiger partial charge on any atom is 0.258 e. The molecule has 0 atom stereocenters. The minimum Gasteiger partial charge on any atom is -0.379 e. The first-order chi connectivity index (χ1) is 16.9. The van der Waals surface area contributed by atoms with Crippen LogP contribution in [0, 0.1) is 0 Å². The summed E-state index contributed by atoms with van der Waals surface area (Å²) >= 11 is 0. The number of ether oxygens (including phenoxy) is 1. The average molecular weight is 500 g/mol. The Kier molecular flexibility index (Phi) is 7.79. The molecule has 3 aromatic rings. The summed E-state index contributed by atoms with van der Waals surface area (Å²) in [7, 11) is -3.55. The summed E-state index contributed by atoms with van der Waals surface area (Å²) < 4.78 is 33.9. The Morgan fingerprint density at radius 1 is 1.00 bits per heavy atom. The van der Waals surface area contributed by atoms with Gasteiger partial charge >= 0.3 is 0 Å². The Morgan fingerprint density at radius 3 is 2.40 bits per heavy atom. The van der Waals surface area contributed by atoms with E-state index >= 15 is 0 Å². The Hall–Kier alpha value is -3.28. The average Bonchev–Trinajstić information content (AvgIpc) is 3.24. The van der Waals surface area contributed by atoms with E-state index in [0.717, 1.165) is 22.4 Å². The number of imidazole rings is 1. The maximum atomic E-state index is 12.7. The van der Waals surface area contributed by atoms with Crippen molar-refractivity contribution in [2.24, 2.45) is 0 Å². The molecule has 4 rings (SSSR count). The van der Waals surface area contributed by atoms with E-state index in [1.54, 1.807) is 24.3 Å². The molecule has 35 heavy (non-hydrogen) atoms. The molecule has 11 heteroatoms. The first kappa shape index (κ1) is 24.8. The molecular formula is C24H29N5O5S. The second-order valence-corrected chi connectivity index (χ2v) is 10.2. The number of morpholine rings is 1. The van der Waals surface area contributed by atoms with E-state index in [-0.39, 0.29) is 29.7 Å². The van der Waals surface area contributed by atoms with Crippen molar-refractivity contribution in [1.29, 1.82) is 0 Å². The number of aryl methyl sites for hydroxylation is 2. The summed E-state index contributed by atoms with van der Waals surface area (Å²) in [6.45, 7) is 3.48. The summed E-state index contributed by atoms with van der Waals surface area (Å²) in [5, 5.41) is 0. The third kappa shape index (κ3) is 5.87. The molecule has 0 unspecified atom stereocenters. The van der Waals surface area contributed by atoms with Crippen LogP contribution in [0.25, 0.3) is 11.0 Å². The fourth-order valence-corrected chi connectivity index (χ4v) is 5.39. The zero-order valence-electron chi connectivity index (χ0n) is 19.6.